The number of nitrogens with two attached hydrogens (primary N) is 1. The number of hydrogen-bond donors (Lipinski definition) is 1. The molecule has 1 aromatic heterocycles. The van der Waals surface area contributed by atoms with Crippen LogP contribution >= 0.6 is 27.5 Å². The van der Waals surface area contributed by atoms with Gasteiger partial charge in [-0.3, -0.25) is 0 Å². The zero-order chi connectivity index (χ0) is 15.0. The lowest BCUT2D eigenvalue weighted by atomic mass is 10.00. The van der Waals surface area contributed by atoms with Crippen molar-refractivity contribution in [2.75, 3.05) is 5.73 Å². The third-order valence-corrected chi connectivity index (χ3v) is 4.02. The molecule has 0 aliphatic carbocycles. The van der Waals surface area contributed by atoms with Gasteiger partial charge in [0.2, 0.25) is 0 Å². The van der Waals surface area contributed by atoms with E-state index in [-0.39, 0.29) is 0 Å². The molecule has 0 unspecified atom stereocenters. The second kappa shape index (κ2) is 5.54. The minimum absolute atomic E-state index is 0.353. The predicted octanol–water partition coefficient (Wildman–Crippen LogP) is 5.32. The van der Waals surface area contributed by atoms with Crippen LogP contribution in [-0.4, -0.2) is 5.16 Å². The van der Waals surface area contributed by atoms with Gasteiger partial charge in [0.05, 0.1) is 10.6 Å². The summed E-state index contributed by atoms with van der Waals surface area (Å²) < 4.78 is 6.34. The van der Waals surface area contributed by atoms with Crippen molar-refractivity contribution < 1.29 is 4.52 Å². The van der Waals surface area contributed by atoms with E-state index in [2.05, 4.69) is 21.1 Å². The van der Waals surface area contributed by atoms with Crippen molar-refractivity contribution in [1.29, 1.82) is 0 Å². The molecule has 3 aromatic rings. The van der Waals surface area contributed by atoms with Gasteiger partial charge in [0, 0.05) is 10.0 Å². The van der Waals surface area contributed by atoms with E-state index in [9.17, 15) is 0 Å². The number of halogens is 2. The Hall–Kier alpha value is -1.78. The minimum Gasteiger partial charge on any atom is -0.380 e. The molecule has 3 rings (SSSR count). The van der Waals surface area contributed by atoms with Crippen molar-refractivity contribution in [3.8, 4) is 22.5 Å². The molecule has 5 heteroatoms. The van der Waals surface area contributed by atoms with E-state index >= 15 is 0 Å². The van der Waals surface area contributed by atoms with Crippen molar-refractivity contribution in [2.24, 2.45) is 0 Å². The Kier molecular flexibility index (Phi) is 3.74. The van der Waals surface area contributed by atoms with Crippen LogP contribution in [0.1, 0.15) is 5.56 Å². The molecule has 0 aliphatic rings. The molecule has 0 radical (unpaired) electrons. The maximum Gasteiger partial charge on any atom is 0.178 e. The van der Waals surface area contributed by atoms with Crippen LogP contribution in [0.5, 0.6) is 0 Å². The molecule has 0 amide bonds. The van der Waals surface area contributed by atoms with Crippen LogP contribution in [0.15, 0.2) is 51.5 Å². The Balaban J connectivity index is 2.24. The van der Waals surface area contributed by atoms with E-state index < -0.39 is 0 Å². The highest BCUT2D eigenvalue weighted by atomic mass is 79.9. The van der Waals surface area contributed by atoms with Crippen molar-refractivity contribution in [3.63, 3.8) is 0 Å². The van der Waals surface area contributed by atoms with E-state index in [1.165, 1.54) is 0 Å². The first-order valence-corrected chi connectivity index (χ1v) is 7.51. The van der Waals surface area contributed by atoms with Crippen molar-refractivity contribution in [2.45, 2.75) is 6.92 Å². The molecule has 0 atom stereocenters. The highest BCUT2D eigenvalue weighted by Gasteiger charge is 2.20. The quantitative estimate of drug-likeness (QED) is 0.671. The summed E-state index contributed by atoms with van der Waals surface area (Å²) in [5, 5.41) is 4.48. The molecule has 0 bridgehead atoms. The Morgan fingerprint density at radius 2 is 2.00 bits per heavy atom. The second-order valence-electron chi connectivity index (χ2n) is 4.77. The van der Waals surface area contributed by atoms with Gasteiger partial charge in [-0.05, 0) is 30.7 Å². The van der Waals surface area contributed by atoms with E-state index in [0.717, 1.165) is 26.7 Å². The molecule has 0 saturated heterocycles. The van der Waals surface area contributed by atoms with Crippen LogP contribution in [0, 0.1) is 6.92 Å². The monoisotopic (exact) mass is 362 g/mol. The normalized spacial score (nSPS) is 10.8. The number of nitrogen functional groups attached to an aromatic ring is 1. The number of aromatic nitrogens is 1. The van der Waals surface area contributed by atoms with Gasteiger partial charge in [0.1, 0.15) is 0 Å². The SMILES string of the molecule is Cc1cccc(-c2c(N)noc2-c2cc(Br)ccc2Cl)c1. The zero-order valence-corrected chi connectivity index (χ0v) is 13.6. The van der Waals surface area contributed by atoms with Crippen molar-refractivity contribution in [3.05, 3.63) is 57.5 Å². The summed E-state index contributed by atoms with van der Waals surface area (Å²) >= 11 is 9.72. The van der Waals surface area contributed by atoms with E-state index in [1.54, 1.807) is 6.07 Å². The maximum absolute atomic E-state index is 6.28. The van der Waals surface area contributed by atoms with Gasteiger partial charge in [0.25, 0.3) is 0 Å². The third kappa shape index (κ3) is 2.69. The van der Waals surface area contributed by atoms with Crippen LogP contribution in [0.25, 0.3) is 22.5 Å². The molecule has 106 valence electrons. The molecule has 0 saturated carbocycles. The zero-order valence-electron chi connectivity index (χ0n) is 11.2. The van der Waals surface area contributed by atoms with Crippen LogP contribution in [0.3, 0.4) is 0 Å². The average Bonchev–Trinajstić information content (AvgIpc) is 2.83. The summed E-state index contributed by atoms with van der Waals surface area (Å²) in [7, 11) is 0. The van der Waals surface area contributed by atoms with Crippen molar-refractivity contribution >= 4 is 33.3 Å². The molecule has 1 heterocycles. The molecule has 21 heavy (non-hydrogen) atoms. The van der Waals surface area contributed by atoms with Gasteiger partial charge in [0.15, 0.2) is 11.6 Å². The van der Waals surface area contributed by atoms with Gasteiger partial charge in [-0.25, -0.2) is 0 Å². The van der Waals surface area contributed by atoms with Crippen molar-refractivity contribution in [1.82, 2.24) is 5.16 Å². The highest BCUT2D eigenvalue weighted by Crippen LogP contribution is 2.40. The Morgan fingerprint density at radius 3 is 2.76 bits per heavy atom. The molecule has 2 aromatic carbocycles. The standard InChI is InChI=1S/C16H12BrClN2O/c1-9-3-2-4-10(7-9)14-15(21-20-16(14)19)12-8-11(17)5-6-13(12)18/h2-8H,1H3,(H2,19,20). The summed E-state index contributed by atoms with van der Waals surface area (Å²) in [5.41, 5.74) is 9.60. The number of rotatable bonds is 2. The number of benzene rings is 2. The molecule has 0 spiro atoms. The summed E-state index contributed by atoms with van der Waals surface area (Å²) in [6.45, 7) is 2.03. The van der Waals surface area contributed by atoms with Crippen LogP contribution in [0.2, 0.25) is 5.02 Å². The fourth-order valence-electron chi connectivity index (χ4n) is 2.24. The van der Waals surface area contributed by atoms with Crippen LogP contribution in [0.4, 0.5) is 5.82 Å². The first-order chi connectivity index (χ1) is 10.1. The Labute approximate surface area is 135 Å². The minimum atomic E-state index is 0.353. The average molecular weight is 364 g/mol. The lowest BCUT2D eigenvalue weighted by Gasteiger charge is -2.06. The lowest BCUT2D eigenvalue weighted by molar-refractivity contribution is 0.436. The number of anilines is 1. The topological polar surface area (TPSA) is 52.0 Å². The van der Waals surface area contributed by atoms with Crippen LogP contribution in [-0.2, 0) is 0 Å². The molecule has 3 nitrogen and oxygen atoms in total. The first kappa shape index (κ1) is 14.2. The van der Waals surface area contributed by atoms with Gasteiger partial charge in [-0.15, -0.1) is 0 Å². The predicted molar refractivity (Wildman–Crippen MR) is 89.2 cm³/mol. The first-order valence-electron chi connectivity index (χ1n) is 6.34. The van der Waals surface area contributed by atoms with Crippen LogP contribution < -0.4 is 5.73 Å². The van der Waals surface area contributed by atoms with E-state index in [4.69, 9.17) is 21.9 Å². The molecule has 0 fully saturated rings. The van der Waals surface area contributed by atoms with Gasteiger partial charge in [-0.1, -0.05) is 62.5 Å². The molecule has 0 aliphatic heterocycles. The maximum atomic E-state index is 6.28. The van der Waals surface area contributed by atoms with Gasteiger partial charge >= 0.3 is 0 Å². The van der Waals surface area contributed by atoms with Gasteiger partial charge < -0.3 is 10.3 Å². The molecular weight excluding hydrogens is 352 g/mol. The fraction of sp³-hybridized carbons (Fsp3) is 0.0625. The summed E-state index contributed by atoms with van der Waals surface area (Å²) in [4.78, 5) is 0. The van der Waals surface area contributed by atoms with Gasteiger partial charge in [-0.2, -0.15) is 0 Å². The largest absolute Gasteiger partial charge is 0.380 e. The fourth-order valence-corrected chi connectivity index (χ4v) is 2.80. The third-order valence-electron chi connectivity index (χ3n) is 3.20. The van der Waals surface area contributed by atoms with E-state index in [0.29, 0.717) is 16.6 Å². The Morgan fingerprint density at radius 1 is 1.19 bits per heavy atom. The molecule has 2 N–H and O–H groups in total. The smallest absolute Gasteiger partial charge is 0.178 e. The highest BCUT2D eigenvalue weighted by molar-refractivity contribution is 9.10. The second-order valence-corrected chi connectivity index (χ2v) is 6.09. The number of aryl methyl sites for hydroxylation is 1. The number of hydrogen-bond acceptors (Lipinski definition) is 3. The summed E-state index contributed by atoms with van der Waals surface area (Å²) in [5.74, 6) is 0.927. The summed E-state index contributed by atoms with van der Waals surface area (Å²) in [6, 6.07) is 13.6. The molecular formula is C16H12BrClN2O. The lowest BCUT2D eigenvalue weighted by Crippen LogP contribution is -1.89. The van der Waals surface area contributed by atoms with E-state index in [1.807, 2.05) is 43.3 Å². The number of nitrogens with zero attached hydrogens (tertiary/aromatic N) is 1. The Bertz CT molecular complexity index is 814. The summed E-state index contributed by atoms with van der Waals surface area (Å²) in [6.07, 6.45) is 0.